The molecule has 2 aromatic rings. The molecule has 0 aliphatic rings. The average molecular weight is 374 g/mol. The molecule has 2 aromatic carbocycles. The largest absolute Gasteiger partial charge is 0.495 e. The summed E-state index contributed by atoms with van der Waals surface area (Å²) in [6.45, 7) is -0.329. The van der Waals surface area contributed by atoms with E-state index in [0.717, 1.165) is 6.07 Å². The summed E-state index contributed by atoms with van der Waals surface area (Å²) in [6, 6.07) is 10.1. The number of anilines is 1. The van der Waals surface area contributed by atoms with Gasteiger partial charge in [0.25, 0.3) is 5.91 Å². The molecular weight excluding hydrogens is 361 g/mol. The van der Waals surface area contributed by atoms with Crippen LogP contribution in [0.25, 0.3) is 0 Å². The van der Waals surface area contributed by atoms with Gasteiger partial charge < -0.3 is 14.8 Å². The number of carbonyl (C=O) groups is 1. The van der Waals surface area contributed by atoms with Crippen LogP contribution in [0.2, 0.25) is 5.02 Å². The highest BCUT2D eigenvalue weighted by atomic mass is 35.5. The molecule has 0 aromatic heterocycles. The van der Waals surface area contributed by atoms with Gasteiger partial charge in [-0.25, -0.2) is 0 Å². The molecule has 0 bridgehead atoms. The van der Waals surface area contributed by atoms with E-state index in [-0.39, 0.29) is 18.0 Å². The number of benzene rings is 2. The van der Waals surface area contributed by atoms with Gasteiger partial charge in [0, 0.05) is 10.7 Å². The predicted molar refractivity (Wildman–Crippen MR) is 86.9 cm³/mol. The van der Waals surface area contributed by atoms with Crippen LogP contribution in [0.4, 0.5) is 9.57 Å². The van der Waals surface area contributed by atoms with E-state index in [0.29, 0.717) is 10.8 Å². The van der Waals surface area contributed by atoms with Crippen molar-refractivity contribution >= 4 is 33.4 Å². The molecule has 0 spiro atoms. The molecule has 0 aliphatic heterocycles. The van der Waals surface area contributed by atoms with Crippen LogP contribution in [0.3, 0.4) is 0 Å². The third-order valence-electron chi connectivity index (χ3n) is 2.88. The van der Waals surface area contributed by atoms with E-state index in [1.165, 1.54) is 25.3 Å². The first kappa shape index (κ1) is 18.0. The zero-order valence-electron chi connectivity index (χ0n) is 12.5. The zero-order chi connectivity index (χ0) is 17.7. The van der Waals surface area contributed by atoms with Crippen molar-refractivity contribution in [3.8, 4) is 11.5 Å². The Balaban J connectivity index is 2.06. The van der Waals surface area contributed by atoms with Crippen molar-refractivity contribution in [2.24, 2.45) is 0 Å². The first-order valence-corrected chi connectivity index (χ1v) is 8.36. The maximum absolute atomic E-state index is 13.2. The highest BCUT2D eigenvalue weighted by Gasteiger charge is 2.19. The number of nitrogens with one attached hydrogen (secondary N) is 1. The summed E-state index contributed by atoms with van der Waals surface area (Å²) in [5, 5.41) is 2.87. The number of ether oxygens (including phenoxy) is 2. The lowest BCUT2D eigenvalue weighted by Gasteiger charge is -2.10. The van der Waals surface area contributed by atoms with Gasteiger partial charge in [0.2, 0.25) is 0 Å². The minimum Gasteiger partial charge on any atom is -0.495 e. The van der Waals surface area contributed by atoms with Gasteiger partial charge >= 0.3 is 10.2 Å². The molecule has 0 heterocycles. The van der Waals surface area contributed by atoms with Crippen LogP contribution in [-0.4, -0.2) is 28.0 Å². The van der Waals surface area contributed by atoms with E-state index >= 15 is 0 Å². The Morgan fingerprint density at radius 1 is 1.25 bits per heavy atom. The Hall–Kier alpha value is -2.32. The Labute approximate surface area is 143 Å². The second kappa shape index (κ2) is 7.50. The number of amides is 1. The minimum atomic E-state index is -4.99. The van der Waals surface area contributed by atoms with Crippen molar-refractivity contribution in [3.05, 3.63) is 47.5 Å². The number of rotatable bonds is 6. The molecule has 2 rings (SSSR count). The lowest BCUT2D eigenvalue weighted by molar-refractivity contribution is -0.118. The number of hydrogen-bond acceptors (Lipinski definition) is 5. The number of halogens is 2. The lowest BCUT2D eigenvalue weighted by Crippen LogP contribution is -2.20. The summed E-state index contributed by atoms with van der Waals surface area (Å²) >= 11 is 5.79. The third kappa shape index (κ3) is 4.84. The summed E-state index contributed by atoms with van der Waals surface area (Å²) in [6.07, 6.45) is 0. The summed E-state index contributed by atoms with van der Waals surface area (Å²) in [5.74, 6) is -0.313. The standard InChI is InChI=1S/C15H13ClFNO5S/c1-22-13-6-5-11(8-14(13)24(17,20)21)18-15(19)9-23-12-4-2-3-10(16)7-12/h2-8H,9H2,1H3,(H,18,19). The van der Waals surface area contributed by atoms with Gasteiger partial charge in [-0.05, 0) is 36.4 Å². The number of hydrogen-bond donors (Lipinski definition) is 1. The van der Waals surface area contributed by atoms with Gasteiger partial charge in [-0.15, -0.1) is 3.89 Å². The van der Waals surface area contributed by atoms with E-state index in [1.54, 1.807) is 18.2 Å². The van der Waals surface area contributed by atoms with Gasteiger partial charge in [0.1, 0.15) is 16.4 Å². The molecule has 0 saturated carbocycles. The SMILES string of the molecule is COc1ccc(NC(=O)COc2cccc(Cl)c2)cc1S(=O)(=O)F. The predicted octanol–water partition coefficient (Wildman–Crippen LogP) is 3.02. The third-order valence-corrected chi connectivity index (χ3v) is 3.96. The monoisotopic (exact) mass is 373 g/mol. The summed E-state index contributed by atoms with van der Waals surface area (Å²) in [5.41, 5.74) is 0.0896. The maximum atomic E-state index is 13.2. The van der Waals surface area contributed by atoms with E-state index in [4.69, 9.17) is 21.1 Å². The molecule has 0 atom stereocenters. The lowest BCUT2D eigenvalue weighted by atomic mass is 10.3. The van der Waals surface area contributed by atoms with Crippen molar-refractivity contribution < 1.29 is 26.6 Å². The molecule has 1 amide bonds. The molecule has 9 heteroatoms. The Morgan fingerprint density at radius 2 is 2.00 bits per heavy atom. The van der Waals surface area contributed by atoms with E-state index in [1.807, 2.05) is 0 Å². The van der Waals surface area contributed by atoms with Gasteiger partial charge in [0.15, 0.2) is 6.61 Å². The Kier molecular flexibility index (Phi) is 5.63. The van der Waals surface area contributed by atoms with Gasteiger partial charge in [-0.3, -0.25) is 4.79 Å². The van der Waals surface area contributed by atoms with Crippen LogP contribution in [-0.2, 0) is 15.0 Å². The van der Waals surface area contributed by atoms with Crippen LogP contribution >= 0.6 is 11.6 Å². The molecule has 24 heavy (non-hydrogen) atoms. The fourth-order valence-corrected chi connectivity index (χ4v) is 2.69. The molecule has 0 saturated heterocycles. The first-order chi connectivity index (χ1) is 11.3. The fraction of sp³-hybridized carbons (Fsp3) is 0.133. The normalized spacial score (nSPS) is 11.0. The quantitative estimate of drug-likeness (QED) is 0.787. The Bertz CT molecular complexity index is 857. The molecule has 6 nitrogen and oxygen atoms in total. The summed E-state index contributed by atoms with van der Waals surface area (Å²) in [7, 11) is -3.78. The fourth-order valence-electron chi connectivity index (χ4n) is 1.85. The van der Waals surface area contributed by atoms with Crippen molar-refractivity contribution in [3.63, 3.8) is 0 Å². The molecule has 0 fully saturated rings. The number of methoxy groups -OCH3 is 1. The van der Waals surface area contributed by atoms with E-state index in [9.17, 15) is 17.1 Å². The van der Waals surface area contributed by atoms with Gasteiger partial charge in [-0.1, -0.05) is 17.7 Å². The zero-order valence-corrected chi connectivity index (χ0v) is 14.0. The second-order valence-corrected chi connectivity index (χ2v) is 6.35. The van der Waals surface area contributed by atoms with Crippen LogP contribution in [0.1, 0.15) is 0 Å². The Morgan fingerprint density at radius 3 is 2.62 bits per heavy atom. The minimum absolute atomic E-state index is 0.0896. The molecule has 0 radical (unpaired) electrons. The smallest absolute Gasteiger partial charge is 0.335 e. The highest BCUT2D eigenvalue weighted by Crippen LogP contribution is 2.28. The number of carbonyl (C=O) groups excluding carboxylic acids is 1. The van der Waals surface area contributed by atoms with Crippen molar-refractivity contribution in [2.45, 2.75) is 4.90 Å². The van der Waals surface area contributed by atoms with Crippen LogP contribution in [0.15, 0.2) is 47.4 Å². The molecule has 0 aliphatic carbocycles. The highest BCUT2D eigenvalue weighted by molar-refractivity contribution is 7.86. The van der Waals surface area contributed by atoms with Gasteiger partial charge in [-0.2, -0.15) is 8.42 Å². The first-order valence-electron chi connectivity index (χ1n) is 6.60. The van der Waals surface area contributed by atoms with Crippen LogP contribution in [0, 0.1) is 0 Å². The maximum Gasteiger partial charge on any atom is 0.335 e. The van der Waals surface area contributed by atoms with Crippen LogP contribution in [0.5, 0.6) is 11.5 Å². The molecule has 0 unspecified atom stereocenters. The average Bonchev–Trinajstić information content (AvgIpc) is 2.52. The van der Waals surface area contributed by atoms with Gasteiger partial charge in [0.05, 0.1) is 7.11 Å². The van der Waals surface area contributed by atoms with Crippen molar-refractivity contribution in [2.75, 3.05) is 19.0 Å². The second-order valence-electron chi connectivity index (χ2n) is 4.60. The summed E-state index contributed by atoms with van der Waals surface area (Å²) in [4.78, 5) is 11.2. The van der Waals surface area contributed by atoms with E-state index in [2.05, 4.69) is 5.32 Å². The molecule has 128 valence electrons. The topological polar surface area (TPSA) is 81.7 Å². The van der Waals surface area contributed by atoms with Crippen LogP contribution < -0.4 is 14.8 Å². The van der Waals surface area contributed by atoms with Crippen molar-refractivity contribution in [1.82, 2.24) is 0 Å². The van der Waals surface area contributed by atoms with Crippen molar-refractivity contribution in [1.29, 1.82) is 0 Å². The molecular formula is C15H13ClFNO5S. The summed E-state index contributed by atoms with van der Waals surface area (Å²) < 4.78 is 45.5. The molecule has 1 N–H and O–H groups in total. The van der Waals surface area contributed by atoms with E-state index < -0.39 is 21.0 Å².